The minimum Gasteiger partial charge on any atom is -0.465 e. The van der Waals surface area contributed by atoms with Crippen LogP contribution in [-0.2, 0) is 13.1 Å². The van der Waals surface area contributed by atoms with Gasteiger partial charge in [0, 0.05) is 37.9 Å². The molecule has 1 aliphatic heterocycles. The van der Waals surface area contributed by atoms with E-state index in [4.69, 9.17) is 10.8 Å². The second-order valence-electron chi connectivity index (χ2n) is 6.28. The van der Waals surface area contributed by atoms with Gasteiger partial charge in [-0.2, -0.15) is 5.10 Å². The number of nitrogens with zero attached hydrogens (tertiary/aromatic N) is 3. The second-order valence-corrected chi connectivity index (χ2v) is 6.28. The van der Waals surface area contributed by atoms with Crippen LogP contribution in [0.25, 0.3) is 0 Å². The minimum atomic E-state index is -0.805. The maximum atomic E-state index is 10.9. The van der Waals surface area contributed by atoms with E-state index in [-0.39, 0.29) is 5.41 Å². The summed E-state index contributed by atoms with van der Waals surface area (Å²) in [7, 11) is 0. The molecule has 112 valence electrons. The first-order valence-corrected chi connectivity index (χ1v) is 7.11. The molecule has 6 heteroatoms. The van der Waals surface area contributed by atoms with Gasteiger partial charge in [-0.25, -0.2) is 4.79 Å². The molecule has 0 spiro atoms. The number of hydrogen-bond acceptors (Lipinski definition) is 3. The highest BCUT2D eigenvalue weighted by Gasteiger charge is 2.34. The maximum Gasteiger partial charge on any atom is 0.407 e. The van der Waals surface area contributed by atoms with E-state index in [2.05, 4.69) is 18.9 Å². The molecule has 6 nitrogen and oxygen atoms in total. The summed E-state index contributed by atoms with van der Waals surface area (Å²) in [6.45, 7) is 7.09. The normalized spacial score (nSPS) is 17.4. The third kappa shape index (κ3) is 3.30. The van der Waals surface area contributed by atoms with Crippen molar-refractivity contribution in [1.82, 2.24) is 14.7 Å². The van der Waals surface area contributed by atoms with Crippen molar-refractivity contribution in [2.45, 2.75) is 39.8 Å². The Labute approximate surface area is 119 Å². The van der Waals surface area contributed by atoms with Crippen LogP contribution >= 0.6 is 0 Å². The van der Waals surface area contributed by atoms with Crippen LogP contribution in [0.15, 0.2) is 12.4 Å². The van der Waals surface area contributed by atoms with Crippen LogP contribution in [-0.4, -0.2) is 39.0 Å². The highest BCUT2D eigenvalue weighted by atomic mass is 16.4. The lowest BCUT2D eigenvalue weighted by Crippen LogP contribution is -2.42. The van der Waals surface area contributed by atoms with Gasteiger partial charge in [0.25, 0.3) is 0 Å². The Morgan fingerprint density at radius 1 is 1.50 bits per heavy atom. The fourth-order valence-electron chi connectivity index (χ4n) is 3.00. The van der Waals surface area contributed by atoms with Crippen molar-refractivity contribution in [1.29, 1.82) is 0 Å². The van der Waals surface area contributed by atoms with Gasteiger partial charge in [-0.1, -0.05) is 13.8 Å². The van der Waals surface area contributed by atoms with Gasteiger partial charge in [0.2, 0.25) is 0 Å². The summed E-state index contributed by atoms with van der Waals surface area (Å²) in [5, 5.41) is 13.3. The number of aromatic nitrogens is 2. The van der Waals surface area contributed by atoms with Crippen molar-refractivity contribution in [3.8, 4) is 0 Å². The standard InChI is InChI=1S/C14H24N4O2/c1-14(2,10-18-9-11(7-15)8-16-18)12-3-5-17(6-4-12)13(19)20/h8-9,12H,3-7,10,15H2,1-2H3,(H,19,20). The van der Waals surface area contributed by atoms with E-state index < -0.39 is 6.09 Å². The number of nitrogens with two attached hydrogens (primary N) is 1. The highest BCUT2D eigenvalue weighted by molar-refractivity contribution is 5.64. The van der Waals surface area contributed by atoms with Gasteiger partial charge in [-0.05, 0) is 24.2 Å². The van der Waals surface area contributed by atoms with Crippen LogP contribution in [0.1, 0.15) is 32.3 Å². The van der Waals surface area contributed by atoms with Gasteiger partial charge in [0.1, 0.15) is 0 Å². The number of piperidine rings is 1. The molecule has 3 N–H and O–H groups in total. The summed E-state index contributed by atoms with van der Waals surface area (Å²) in [5.74, 6) is 0.517. The molecule has 1 aliphatic rings. The number of rotatable bonds is 4. The molecule has 0 saturated carbocycles. The quantitative estimate of drug-likeness (QED) is 0.880. The molecular weight excluding hydrogens is 256 g/mol. The largest absolute Gasteiger partial charge is 0.465 e. The van der Waals surface area contributed by atoms with Crippen LogP contribution < -0.4 is 5.73 Å². The number of carboxylic acid groups (broad SMARTS) is 1. The van der Waals surface area contributed by atoms with Crippen LogP contribution in [0.3, 0.4) is 0 Å². The van der Waals surface area contributed by atoms with Crippen molar-refractivity contribution in [2.24, 2.45) is 17.1 Å². The summed E-state index contributed by atoms with van der Waals surface area (Å²) < 4.78 is 1.95. The average molecular weight is 280 g/mol. The topological polar surface area (TPSA) is 84.4 Å². The summed E-state index contributed by atoms with van der Waals surface area (Å²) in [6, 6.07) is 0. The van der Waals surface area contributed by atoms with Crippen molar-refractivity contribution in [3.63, 3.8) is 0 Å². The lowest BCUT2D eigenvalue weighted by atomic mass is 9.73. The molecule has 0 aromatic carbocycles. The molecule has 0 aliphatic carbocycles. The molecule has 2 heterocycles. The van der Waals surface area contributed by atoms with Crippen molar-refractivity contribution in [2.75, 3.05) is 13.1 Å². The molecule has 0 radical (unpaired) electrons. The SMILES string of the molecule is CC(C)(Cn1cc(CN)cn1)C1CCN(C(=O)O)CC1. The molecule has 20 heavy (non-hydrogen) atoms. The van der Waals surface area contributed by atoms with Gasteiger partial charge in [-0.15, -0.1) is 0 Å². The zero-order chi connectivity index (χ0) is 14.8. The zero-order valence-electron chi connectivity index (χ0n) is 12.2. The molecule has 1 fully saturated rings. The Morgan fingerprint density at radius 3 is 2.65 bits per heavy atom. The van der Waals surface area contributed by atoms with Crippen LogP contribution in [0.2, 0.25) is 0 Å². The molecule has 1 amide bonds. The predicted octanol–water partition coefficient (Wildman–Crippen LogP) is 1.76. The lowest BCUT2D eigenvalue weighted by Gasteiger charge is -2.39. The van der Waals surface area contributed by atoms with E-state index in [1.807, 2.05) is 17.1 Å². The van der Waals surface area contributed by atoms with Gasteiger partial charge >= 0.3 is 6.09 Å². The van der Waals surface area contributed by atoms with Crippen molar-refractivity contribution < 1.29 is 9.90 Å². The Kier molecular flexibility index (Phi) is 4.32. The first kappa shape index (κ1) is 14.8. The van der Waals surface area contributed by atoms with Gasteiger partial charge in [0.05, 0.1) is 6.20 Å². The Hall–Kier alpha value is -1.56. The van der Waals surface area contributed by atoms with E-state index in [1.54, 1.807) is 0 Å². The Bertz CT molecular complexity index is 461. The monoisotopic (exact) mass is 280 g/mol. The van der Waals surface area contributed by atoms with E-state index in [0.717, 1.165) is 24.9 Å². The number of hydrogen-bond donors (Lipinski definition) is 2. The molecule has 1 aromatic heterocycles. The average Bonchev–Trinajstić information content (AvgIpc) is 2.85. The zero-order valence-corrected chi connectivity index (χ0v) is 12.2. The lowest BCUT2D eigenvalue weighted by molar-refractivity contribution is 0.0775. The van der Waals surface area contributed by atoms with E-state index in [1.165, 1.54) is 4.90 Å². The number of likely N-dealkylation sites (tertiary alicyclic amines) is 1. The first-order valence-electron chi connectivity index (χ1n) is 7.11. The fourth-order valence-corrected chi connectivity index (χ4v) is 3.00. The van der Waals surface area contributed by atoms with E-state index >= 15 is 0 Å². The molecule has 1 saturated heterocycles. The van der Waals surface area contributed by atoms with Gasteiger partial charge in [-0.3, -0.25) is 4.68 Å². The van der Waals surface area contributed by atoms with E-state index in [9.17, 15) is 4.79 Å². The van der Waals surface area contributed by atoms with Crippen molar-refractivity contribution in [3.05, 3.63) is 18.0 Å². The van der Waals surface area contributed by atoms with Crippen LogP contribution in [0.5, 0.6) is 0 Å². The second kappa shape index (κ2) is 5.83. The number of amides is 1. The van der Waals surface area contributed by atoms with Crippen LogP contribution in [0.4, 0.5) is 4.79 Å². The first-order chi connectivity index (χ1) is 9.42. The highest BCUT2D eigenvalue weighted by Crippen LogP contribution is 2.36. The fraction of sp³-hybridized carbons (Fsp3) is 0.714. The van der Waals surface area contributed by atoms with E-state index in [0.29, 0.717) is 25.6 Å². The minimum absolute atomic E-state index is 0.0997. The summed E-state index contributed by atoms with van der Waals surface area (Å²) >= 11 is 0. The molecule has 0 bridgehead atoms. The molecular formula is C14H24N4O2. The predicted molar refractivity (Wildman–Crippen MR) is 76.2 cm³/mol. The summed E-state index contributed by atoms with van der Waals surface area (Å²) in [6.07, 6.45) is 4.84. The maximum absolute atomic E-state index is 10.9. The van der Waals surface area contributed by atoms with Crippen LogP contribution in [0, 0.1) is 11.3 Å². The molecule has 2 rings (SSSR count). The molecule has 0 unspecified atom stereocenters. The third-order valence-electron chi connectivity index (χ3n) is 4.36. The molecule has 1 aromatic rings. The summed E-state index contributed by atoms with van der Waals surface area (Å²) in [4.78, 5) is 12.4. The Balaban J connectivity index is 1.95. The smallest absolute Gasteiger partial charge is 0.407 e. The number of carbonyl (C=O) groups is 1. The summed E-state index contributed by atoms with van der Waals surface area (Å²) in [5.41, 5.74) is 6.74. The van der Waals surface area contributed by atoms with Crippen molar-refractivity contribution >= 4 is 6.09 Å². The Morgan fingerprint density at radius 2 is 2.15 bits per heavy atom. The van der Waals surface area contributed by atoms with Gasteiger partial charge < -0.3 is 15.7 Å². The van der Waals surface area contributed by atoms with Gasteiger partial charge in [0.15, 0.2) is 0 Å². The molecule has 0 atom stereocenters. The third-order valence-corrected chi connectivity index (χ3v) is 4.36.